The van der Waals surface area contributed by atoms with Crippen molar-refractivity contribution in [3.05, 3.63) is 35.8 Å². The van der Waals surface area contributed by atoms with E-state index in [9.17, 15) is 18.8 Å². The minimum absolute atomic E-state index is 0.0155. The molecule has 8 nitrogen and oxygen atoms in total. The minimum Gasteiger partial charge on any atom is -0.444 e. The number of benzene rings is 1. The molecular formula is C17H20FN3O5. The first kappa shape index (κ1) is 19.4. The van der Waals surface area contributed by atoms with Gasteiger partial charge >= 0.3 is 6.09 Å². The molecule has 1 aromatic carbocycles. The third-order valence-electron chi connectivity index (χ3n) is 3.21. The highest BCUT2D eigenvalue weighted by molar-refractivity contribution is 6.17. The number of β-amino-alcohol motifs (C(OH)–C–C–N with tert-alkyl or cyclic N) is 1. The van der Waals surface area contributed by atoms with Crippen molar-refractivity contribution in [2.45, 2.75) is 26.4 Å². The number of nitrogens with one attached hydrogen (secondary N) is 2. The van der Waals surface area contributed by atoms with E-state index in [-0.39, 0.29) is 30.2 Å². The highest BCUT2D eigenvalue weighted by Crippen LogP contribution is 2.23. The lowest BCUT2D eigenvalue weighted by atomic mass is 10.2. The maximum atomic E-state index is 13.9. The van der Waals surface area contributed by atoms with Gasteiger partial charge in [-0.3, -0.25) is 19.8 Å². The zero-order valence-electron chi connectivity index (χ0n) is 14.6. The molecule has 26 heavy (non-hydrogen) atoms. The fourth-order valence-corrected chi connectivity index (χ4v) is 2.18. The summed E-state index contributed by atoms with van der Waals surface area (Å²) in [5.74, 6) is -1.85. The Morgan fingerprint density at radius 3 is 2.62 bits per heavy atom. The average molecular weight is 365 g/mol. The van der Waals surface area contributed by atoms with Gasteiger partial charge in [0, 0.05) is 11.8 Å². The summed E-state index contributed by atoms with van der Waals surface area (Å²) in [6.07, 6.45) is 0.261. The number of halogens is 1. The zero-order chi connectivity index (χ0) is 19.5. The lowest BCUT2D eigenvalue weighted by Gasteiger charge is -2.20. The first-order valence-electron chi connectivity index (χ1n) is 7.85. The Bertz CT molecular complexity index is 770. The number of hydrogen-bond donors (Lipinski definition) is 3. The van der Waals surface area contributed by atoms with Crippen LogP contribution in [0.1, 0.15) is 20.8 Å². The van der Waals surface area contributed by atoms with Gasteiger partial charge in [0.25, 0.3) is 11.8 Å². The summed E-state index contributed by atoms with van der Waals surface area (Å²) >= 11 is 0. The van der Waals surface area contributed by atoms with Crippen molar-refractivity contribution in [2.75, 3.05) is 23.8 Å². The summed E-state index contributed by atoms with van der Waals surface area (Å²) in [6.45, 7) is 4.56. The third-order valence-corrected chi connectivity index (χ3v) is 3.21. The number of aliphatic hydroxyl groups is 1. The molecule has 0 saturated carbocycles. The van der Waals surface area contributed by atoms with Crippen LogP contribution in [0.25, 0.3) is 0 Å². The van der Waals surface area contributed by atoms with Crippen LogP contribution in [0.15, 0.2) is 30.0 Å². The second-order valence-corrected chi connectivity index (χ2v) is 6.52. The lowest BCUT2D eigenvalue weighted by Crippen LogP contribution is -2.34. The van der Waals surface area contributed by atoms with Crippen LogP contribution in [-0.4, -0.2) is 46.7 Å². The van der Waals surface area contributed by atoms with Gasteiger partial charge in [-0.25, -0.2) is 9.18 Å². The van der Waals surface area contributed by atoms with Gasteiger partial charge in [-0.1, -0.05) is 0 Å². The number of rotatable bonds is 5. The van der Waals surface area contributed by atoms with Crippen molar-refractivity contribution >= 4 is 29.3 Å². The number of carbonyl (C=O) groups excluding carboxylic acids is 3. The zero-order valence-corrected chi connectivity index (χ0v) is 14.6. The molecule has 0 bridgehead atoms. The molecule has 0 saturated heterocycles. The van der Waals surface area contributed by atoms with Gasteiger partial charge in [0.2, 0.25) is 0 Å². The number of ether oxygens (including phenoxy) is 1. The molecule has 1 aliphatic heterocycles. The number of hydrogen-bond acceptors (Lipinski definition) is 6. The molecule has 0 fully saturated rings. The van der Waals surface area contributed by atoms with Gasteiger partial charge in [-0.15, -0.1) is 0 Å². The summed E-state index contributed by atoms with van der Waals surface area (Å²) in [5, 5.41) is 13.9. The molecule has 1 heterocycles. The molecule has 140 valence electrons. The highest BCUT2D eigenvalue weighted by Gasteiger charge is 2.30. The molecule has 0 aliphatic carbocycles. The fraction of sp³-hybridized carbons (Fsp3) is 0.353. The molecule has 1 aliphatic rings. The van der Waals surface area contributed by atoms with E-state index in [1.54, 1.807) is 20.8 Å². The Kier molecular flexibility index (Phi) is 5.61. The van der Waals surface area contributed by atoms with Crippen LogP contribution in [0.4, 0.5) is 20.6 Å². The number of aliphatic hydroxyl groups excluding tert-OH is 1. The van der Waals surface area contributed by atoms with Crippen molar-refractivity contribution in [2.24, 2.45) is 0 Å². The van der Waals surface area contributed by atoms with Crippen LogP contribution in [0.2, 0.25) is 0 Å². The second-order valence-electron chi connectivity index (χ2n) is 6.52. The van der Waals surface area contributed by atoms with E-state index in [1.165, 1.54) is 12.1 Å². The maximum Gasteiger partial charge on any atom is 0.412 e. The summed E-state index contributed by atoms with van der Waals surface area (Å²) in [7, 11) is 0. The molecule has 3 amide bonds. The van der Waals surface area contributed by atoms with Crippen LogP contribution >= 0.6 is 0 Å². The molecule has 1 aromatic rings. The Labute approximate surface area is 149 Å². The largest absolute Gasteiger partial charge is 0.444 e. The number of amides is 3. The van der Waals surface area contributed by atoms with Crippen molar-refractivity contribution in [1.29, 1.82) is 0 Å². The minimum atomic E-state index is -0.825. The molecule has 0 radical (unpaired) electrons. The fourth-order valence-electron chi connectivity index (χ4n) is 2.18. The molecule has 0 aromatic heterocycles. The molecule has 0 atom stereocenters. The van der Waals surface area contributed by atoms with Gasteiger partial charge < -0.3 is 15.2 Å². The van der Waals surface area contributed by atoms with Crippen LogP contribution in [0.3, 0.4) is 0 Å². The Morgan fingerprint density at radius 1 is 1.31 bits per heavy atom. The van der Waals surface area contributed by atoms with E-state index in [1.807, 2.05) is 0 Å². The molecular weight excluding hydrogens is 345 g/mol. The predicted molar refractivity (Wildman–Crippen MR) is 91.8 cm³/mol. The van der Waals surface area contributed by atoms with Gasteiger partial charge in [0.05, 0.1) is 18.8 Å². The Hall–Kier alpha value is -2.94. The maximum absolute atomic E-state index is 13.9. The average Bonchev–Trinajstić information content (AvgIpc) is 2.77. The molecule has 2 rings (SSSR count). The predicted octanol–water partition coefficient (Wildman–Crippen LogP) is 1.83. The molecule has 0 spiro atoms. The number of anilines is 2. The quantitative estimate of drug-likeness (QED) is 0.687. The van der Waals surface area contributed by atoms with E-state index < -0.39 is 29.3 Å². The third kappa shape index (κ3) is 4.79. The summed E-state index contributed by atoms with van der Waals surface area (Å²) in [4.78, 5) is 36.5. The van der Waals surface area contributed by atoms with Gasteiger partial charge in [0.15, 0.2) is 0 Å². The first-order valence-corrected chi connectivity index (χ1v) is 7.85. The molecule has 3 N–H and O–H groups in total. The van der Waals surface area contributed by atoms with Gasteiger partial charge in [0.1, 0.15) is 17.1 Å². The SMILES string of the molecule is CC(C)(C)OC(=O)Nc1cc(NC2=CC(=O)N(CCO)C2=O)ccc1F. The topological polar surface area (TPSA) is 108 Å². The van der Waals surface area contributed by atoms with Crippen molar-refractivity contribution in [3.8, 4) is 0 Å². The second kappa shape index (κ2) is 7.52. The lowest BCUT2D eigenvalue weighted by molar-refractivity contribution is -0.137. The van der Waals surface area contributed by atoms with Crippen molar-refractivity contribution in [1.82, 2.24) is 4.90 Å². The smallest absolute Gasteiger partial charge is 0.412 e. The molecule has 0 unspecified atom stereocenters. The summed E-state index contributed by atoms with van der Waals surface area (Å²) in [5.41, 5.74) is -0.614. The number of carbonyl (C=O) groups is 3. The van der Waals surface area contributed by atoms with Gasteiger partial charge in [-0.2, -0.15) is 0 Å². The van der Waals surface area contributed by atoms with Crippen LogP contribution in [0.5, 0.6) is 0 Å². The summed E-state index contributed by atoms with van der Waals surface area (Å²) in [6, 6.07) is 3.72. The Balaban J connectivity index is 2.12. The van der Waals surface area contributed by atoms with E-state index in [0.717, 1.165) is 17.0 Å². The van der Waals surface area contributed by atoms with Crippen molar-refractivity contribution < 1.29 is 28.6 Å². The first-order chi connectivity index (χ1) is 12.1. The van der Waals surface area contributed by atoms with Crippen LogP contribution in [-0.2, 0) is 14.3 Å². The van der Waals surface area contributed by atoms with Crippen molar-refractivity contribution in [3.63, 3.8) is 0 Å². The van der Waals surface area contributed by atoms with E-state index in [4.69, 9.17) is 9.84 Å². The van der Waals surface area contributed by atoms with Crippen LogP contribution < -0.4 is 10.6 Å². The number of imide groups is 1. The summed E-state index contributed by atoms with van der Waals surface area (Å²) < 4.78 is 19.0. The normalized spacial score (nSPS) is 14.3. The van der Waals surface area contributed by atoms with Crippen LogP contribution in [0, 0.1) is 5.82 Å². The van der Waals surface area contributed by atoms with E-state index in [0.29, 0.717) is 0 Å². The van der Waals surface area contributed by atoms with E-state index >= 15 is 0 Å². The van der Waals surface area contributed by atoms with E-state index in [2.05, 4.69) is 10.6 Å². The monoisotopic (exact) mass is 365 g/mol. The number of nitrogens with zero attached hydrogens (tertiary/aromatic N) is 1. The molecule has 9 heteroatoms. The highest BCUT2D eigenvalue weighted by atomic mass is 19.1. The Morgan fingerprint density at radius 2 is 2.00 bits per heavy atom. The van der Waals surface area contributed by atoms with Gasteiger partial charge in [-0.05, 0) is 39.0 Å². The standard InChI is InChI=1S/C17H20FN3O5/c1-17(2,3)26-16(25)20-12-8-10(4-5-11(12)18)19-13-9-14(23)21(6-7-22)15(13)24/h4-5,8-9,19,22H,6-7H2,1-3H3,(H,20,25).